The lowest BCUT2D eigenvalue weighted by Gasteiger charge is -2.15. The predicted octanol–water partition coefficient (Wildman–Crippen LogP) is 2.92. The predicted molar refractivity (Wildman–Crippen MR) is 76.7 cm³/mol. The zero-order chi connectivity index (χ0) is 13.2. The van der Waals surface area contributed by atoms with Crippen LogP contribution in [0.25, 0.3) is 0 Å². The van der Waals surface area contributed by atoms with Crippen LogP contribution in [-0.4, -0.2) is 35.0 Å². The largest absolute Gasteiger partial charge is 0.369 e. The molecule has 0 atom stereocenters. The summed E-state index contributed by atoms with van der Waals surface area (Å²) in [6, 6.07) is 0. The molecule has 1 rings (SSSR count). The fourth-order valence-electron chi connectivity index (χ4n) is 1.77. The first kappa shape index (κ1) is 14.9. The zero-order valence-electron chi connectivity index (χ0n) is 11.9. The van der Waals surface area contributed by atoms with Gasteiger partial charge in [0.2, 0.25) is 0 Å². The van der Waals surface area contributed by atoms with Gasteiger partial charge in [-0.15, -0.1) is 0 Å². The third-order valence-corrected chi connectivity index (χ3v) is 2.84. The molecule has 0 saturated carbocycles. The number of hydrogen-bond donors (Lipinski definition) is 1. The maximum absolute atomic E-state index is 4.43. The van der Waals surface area contributed by atoms with Gasteiger partial charge in [-0.3, -0.25) is 4.98 Å². The molecular formula is C14H26N4. The first-order valence-electron chi connectivity index (χ1n) is 6.99. The minimum Gasteiger partial charge on any atom is -0.369 e. The number of rotatable bonds is 9. The number of nitrogens with one attached hydrogen (secondary N) is 1. The van der Waals surface area contributed by atoms with Gasteiger partial charge in [-0.2, -0.15) is 0 Å². The Kier molecular flexibility index (Phi) is 7.34. The van der Waals surface area contributed by atoms with E-state index in [1.54, 1.807) is 0 Å². The lowest BCUT2D eigenvalue weighted by atomic mass is 10.2. The van der Waals surface area contributed by atoms with E-state index in [0.717, 1.165) is 37.6 Å². The van der Waals surface area contributed by atoms with E-state index in [0.29, 0.717) is 0 Å². The molecule has 1 N–H and O–H groups in total. The molecule has 1 aromatic heterocycles. The second kappa shape index (κ2) is 8.86. The summed E-state index contributed by atoms with van der Waals surface area (Å²) in [5.41, 5.74) is 1.04. The van der Waals surface area contributed by atoms with Gasteiger partial charge in [0.05, 0.1) is 18.1 Å². The van der Waals surface area contributed by atoms with Gasteiger partial charge in [-0.05, 0) is 26.4 Å². The van der Waals surface area contributed by atoms with Crippen LogP contribution in [0, 0.1) is 0 Å². The van der Waals surface area contributed by atoms with Gasteiger partial charge in [0.25, 0.3) is 0 Å². The second-order valence-corrected chi connectivity index (χ2v) is 4.76. The van der Waals surface area contributed by atoms with Crippen molar-refractivity contribution in [3.8, 4) is 0 Å². The molecule has 0 bridgehead atoms. The smallest absolute Gasteiger partial charge is 0.144 e. The molecular weight excluding hydrogens is 224 g/mol. The zero-order valence-corrected chi connectivity index (χ0v) is 11.9. The van der Waals surface area contributed by atoms with E-state index in [2.05, 4.69) is 41.1 Å². The van der Waals surface area contributed by atoms with Crippen molar-refractivity contribution in [2.75, 3.05) is 25.5 Å². The Labute approximate surface area is 111 Å². The monoisotopic (exact) mass is 250 g/mol. The molecule has 0 amide bonds. The van der Waals surface area contributed by atoms with E-state index in [4.69, 9.17) is 0 Å². The van der Waals surface area contributed by atoms with E-state index in [9.17, 15) is 0 Å². The van der Waals surface area contributed by atoms with Crippen LogP contribution in [-0.2, 0) is 6.54 Å². The number of anilines is 1. The Bertz CT molecular complexity index is 310. The third-order valence-electron chi connectivity index (χ3n) is 2.84. The average Bonchev–Trinajstić information content (AvgIpc) is 2.38. The van der Waals surface area contributed by atoms with Crippen LogP contribution in [0.15, 0.2) is 12.4 Å². The summed E-state index contributed by atoms with van der Waals surface area (Å²) >= 11 is 0. The van der Waals surface area contributed by atoms with Crippen molar-refractivity contribution in [2.45, 2.75) is 46.1 Å². The van der Waals surface area contributed by atoms with Gasteiger partial charge in [0, 0.05) is 13.1 Å². The second-order valence-electron chi connectivity index (χ2n) is 4.76. The van der Waals surface area contributed by atoms with Gasteiger partial charge < -0.3 is 10.2 Å². The first-order valence-corrected chi connectivity index (χ1v) is 6.99. The molecule has 0 aliphatic heterocycles. The van der Waals surface area contributed by atoms with Gasteiger partial charge in [0.1, 0.15) is 5.82 Å². The van der Waals surface area contributed by atoms with Gasteiger partial charge >= 0.3 is 0 Å². The highest BCUT2D eigenvalue weighted by Crippen LogP contribution is 2.04. The number of unbranched alkanes of at least 4 members (excludes halogenated alkanes) is 2. The Morgan fingerprint density at radius 2 is 1.94 bits per heavy atom. The molecule has 0 spiro atoms. The van der Waals surface area contributed by atoms with E-state index >= 15 is 0 Å². The average molecular weight is 250 g/mol. The molecule has 4 heteroatoms. The highest BCUT2D eigenvalue weighted by atomic mass is 15.1. The van der Waals surface area contributed by atoms with Crippen LogP contribution >= 0.6 is 0 Å². The van der Waals surface area contributed by atoms with E-state index in [-0.39, 0.29) is 0 Å². The molecule has 0 aliphatic carbocycles. The van der Waals surface area contributed by atoms with E-state index < -0.39 is 0 Å². The fraction of sp³-hybridized carbons (Fsp3) is 0.714. The summed E-state index contributed by atoms with van der Waals surface area (Å²) in [6.45, 7) is 7.33. The van der Waals surface area contributed by atoms with Crippen LogP contribution in [0.1, 0.15) is 45.2 Å². The molecule has 0 aliphatic rings. The summed E-state index contributed by atoms with van der Waals surface area (Å²) in [5, 5.41) is 3.23. The standard InChI is InChI=1S/C14H26N4/c1-4-6-7-9-18(3)12-13-10-17-14(11-16-13)15-8-5-2/h10-11H,4-9,12H2,1-3H3,(H,15,17). The van der Waals surface area contributed by atoms with Crippen molar-refractivity contribution < 1.29 is 0 Å². The molecule has 1 aromatic rings. The summed E-state index contributed by atoms with van der Waals surface area (Å²) in [5.74, 6) is 0.870. The Hall–Kier alpha value is -1.16. The van der Waals surface area contributed by atoms with Gasteiger partial charge in [-0.25, -0.2) is 4.98 Å². The maximum atomic E-state index is 4.43. The summed E-state index contributed by atoms with van der Waals surface area (Å²) in [7, 11) is 2.14. The quantitative estimate of drug-likeness (QED) is 0.684. The Morgan fingerprint density at radius 1 is 1.11 bits per heavy atom. The highest BCUT2D eigenvalue weighted by Gasteiger charge is 2.02. The van der Waals surface area contributed by atoms with Gasteiger partial charge in [-0.1, -0.05) is 26.7 Å². The molecule has 0 saturated heterocycles. The van der Waals surface area contributed by atoms with E-state index in [1.807, 2.05) is 12.4 Å². The minimum atomic E-state index is 0.870. The SMILES string of the molecule is CCCCCN(C)Cc1cnc(NCCC)cn1. The Morgan fingerprint density at radius 3 is 2.56 bits per heavy atom. The summed E-state index contributed by atoms with van der Waals surface area (Å²) < 4.78 is 0. The van der Waals surface area contributed by atoms with Crippen molar-refractivity contribution in [3.63, 3.8) is 0 Å². The van der Waals surface area contributed by atoms with E-state index in [1.165, 1.54) is 19.3 Å². The number of aromatic nitrogens is 2. The topological polar surface area (TPSA) is 41.1 Å². The van der Waals surface area contributed by atoms with Crippen LogP contribution in [0.5, 0.6) is 0 Å². The molecule has 18 heavy (non-hydrogen) atoms. The number of hydrogen-bond acceptors (Lipinski definition) is 4. The van der Waals surface area contributed by atoms with Crippen molar-refractivity contribution in [1.82, 2.24) is 14.9 Å². The highest BCUT2D eigenvalue weighted by molar-refractivity contribution is 5.30. The first-order chi connectivity index (χ1) is 8.76. The normalized spacial score (nSPS) is 10.9. The third kappa shape index (κ3) is 5.96. The maximum Gasteiger partial charge on any atom is 0.144 e. The number of nitrogens with zero attached hydrogens (tertiary/aromatic N) is 3. The lowest BCUT2D eigenvalue weighted by Crippen LogP contribution is -2.20. The Balaban J connectivity index is 2.33. The molecule has 4 nitrogen and oxygen atoms in total. The van der Waals surface area contributed by atoms with Crippen LogP contribution in [0.3, 0.4) is 0 Å². The van der Waals surface area contributed by atoms with Crippen molar-refractivity contribution >= 4 is 5.82 Å². The summed E-state index contributed by atoms with van der Waals surface area (Å²) in [4.78, 5) is 11.1. The molecule has 0 fully saturated rings. The lowest BCUT2D eigenvalue weighted by molar-refractivity contribution is 0.314. The fourth-order valence-corrected chi connectivity index (χ4v) is 1.77. The van der Waals surface area contributed by atoms with Crippen LogP contribution < -0.4 is 5.32 Å². The molecule has 0 radical (unpaired) electrons. The van der Waals surface area contributed by atoms with Crippen molar-refractivity contribution in [3.05, 3.63) is 18.1 Å². The molecule has 0 unspecified atom stereocenters. The van der Waals surface area contributed by atoms with Crippen LogP contribution in [0.2, 0.25) is 0 Å². The molecule has 1 heterocycles. The van der Waals surface area contributed by atoms with Crippen LogP contribution in [0.4, 0.5) is 5.82 Å². The molecule has 102 valence electrons. The summed E-state index contributed by atoms with van der Waals surface area (Å²) in [6.07, 6.45) is 8.63. The van der Waals surface area contributed by atoms with Crippen molar-refractivity contribution in [2.24, 2.45) is 0 Å². The van der Waals surface area contributed by atoms with Crippen molar-refractivity contribution in [1.29, 1.82) is 0 Å². The minimum absolute atomic E-state index is 0.870. The van der Waals surface area contributed by atoms with Gasteiger partial charge in [0.15, 0.2) is 0 Å². The molecule has 0 aromatic carbocycles.